The van der Waals surface area contributed by atoms with Gasteiger partial charge in [-0.3, -0.25) is 9.69 Å². The quantitative estimate of drug-likeness (QED) is 0.399. The molecule has 1 aliphatic rings. The lowest BCUT2D eigenvalue weighted by atomic mass is 10.0. The number of benzene rings is 2. The van der Waals surface area contributed by atoms with Gasteiger partial charge in [-0.2, -0.15) is 0 Å². The number of ether oxygens (including phenoxy) is 1. The fourth-order valence-electron chi connectivity index (χ4n) is 4.62. The number of hydrogen-bond donors (Lipinski definition) is 1. The molecule has 5 rings (SSSR count). The molecule has 1 atom stereocenters. The molecule has 170 valence electrons. The van der Waals surface area contributed by atoms with Crippen LogP contribution >= 0.6 is 11.3 Å². The summed E-state index contributed by atoms with van der Waals surface area (Å²) >= 11 is 1.60. The molecule has 5 nitrogen and oxygen atoms in total. The molecule has 0 saturated carbocycles. The molecule has 6 heteroatoms. The fraction of sp³-hybridized carbons (Fsp3) is 0.333. The highest BCUT2D eigenvalue weighted by Crippen LogP contribution is 2.35. The first-order chi connectivity index (χ1) is 16.1. The monoisotopic (exact) mass is 459 g/mol. The van der Waals surface area contributed by atoms with E-state index in [9.17, 15) is 4.79 Å². The molecule has 0 amide bonds. The van der Waals surface area contributed by atoms with Crippen LogP contribution in [0, 0.1) is 13.8 Å². The highest BCUT2D eigenvalue weighted by atomic mass is 32.1. The summed E-state index contributed by atoms with van der Waals surface area (Å²) in [6.45, 7) is 7.17. The predicted octanol–water partition coefficient (Wildman–Crippen LogP) is 5.45. The Bertz CT molecular complexity index is 1290. The van der Waals surface area contributed by atoms with E-state index in [2.05, 4.69) is 72.3 Å². The first-order valence-corrected chi connectivity index (χ1v) is 12.4. The van der Waals surface area contributed by atoms with Crippen LogP contribution in [-0.2, 0) is 17.8 Å². The Labute approximate surface area is 198 Å². The van der Waals surface area contributed by atoms with Gasteiger partial charge in [-0.25, -0.2) is 4.98 Å². The second-order valence-corrected chi connectivity index (χ2v) is 10.1. The molecule has 0 bridgehead atoms. The van der Waals surface area contributed by atoms with E-state index in [1.807, 2.05) is 6.07 Å². The van der Waals surface area contributed by atoms with Gasteiger partial charge in [-0.1, -0.05) is 60.2 Å². The maximum Gasteiger partial charge on any atom is 0.260 e. The maximum absolute atomic E-state index is 13.2. The first kappa shape index (κ1) is 22.0. The summed E-state index contributed by atoms with van der Waals surface area (Å²) in [7, 11) is 0. The van der Waals surface area contributed by atoms with Crippen molar-refractivity contribution < 1.29 is 4.74 Å². The summed E-state index contributed by atoms with van der Waals surface area (Å²) in [4.78, 5) is 25.5. The van der Waals surface area contributed by atoms with E-state index in [1.165, 1.54) is 11.1 Å². The van der Waals surface area contributed by atoms with Crippen LogP contribution in [0.4, 0.5) is 0 Å². The Balaban J connectivity index is 1.46. The molecule has 0 radical (unpaired) electrons. The van der Waals surface area contributed by atoms with E-state index in [-0.39, 0.29) is 11.7 Å². The lowest BCUT2D eigenvalue weighted by Gasteiger charge is -2.24. The van der Waals surface area contributed by atoms with E-state index < -0.39 is 0 Å². The van der Waals surface area contributed by atoms with Crippen molar-refractivity contribution in [3.63, 3.8) is 0 Å². The topological polar surface area (TPSA) is 58.2 Å². The third kappa shape index (κ3) is 4.93. The van der Waals surface area contributed by atoms with Crippen LogP contribution in [0.15, 0.2) is 59.4 Å². The van der Waals surface area contributed by atoms with Gasteiger partial charge in [0.1, 0.15) is 10.7 Å². The molecular weight excluding hydrogens is 430 g/mol. The number of aromatic amines is 1. The standard InChI is InChI=1S/C27H29N3O2S/c1-18-10-12-21(13-11-18)24-19(2)33-27-25(24)26(31)28-23(29-27)17-30(16-22-9-6-14-32-22)15-20-7-4-3-5-8-20/h3-5,7-8,10-13,22H,6,9,14-17H2,1-2H3,(H,28,29,31). The molecule has 0 spiro atoms. The van der Waals surface area contributed by atoms with Gasteiger partial charge < -0.3 is 9.72 Å². The summed E-state index contributed by atoms with van der Waals surface area (Å²) in [5, 5.41) is 0.693. The zero-order valence-electron chi connectivity index (χ0n) is 19.1. The zero-order valence-corrected chi connectivity index (χ0v) is 20.0. The molecule has 2 aromatic heterocycles. The molecule has 1 aliphatic heterocycles. The van der Waals surface area contributed by atoms with Gasteiger partial charge in [0, 0.05) is 30.1 Å². The van der Waals surface area contributed by atoms with Crippen LogP contribution in [0.5, 0.6) is 0 Å². The lowest BCUT2D eigenvalue weighted by molar-refractivity contribution is 0.0670. The molecule has 4 aromatic rings. The minimum Gasteiger partial charge on any atom is -0.377 e. The smallest absolute Gasteiger partial charge is 0.260 e. The van der Waals surface area contributed by atoms with Crippen molar-refractivity contribution in [3.8, 4) is 11.1 Å². The zero-order chi connectivity index (χ0) is 22.8. The van der Waals surface area contributed by atoms with Crippen LogP contribution < -0.4 is 5.56 Å². The number of fused-ring (bicyclic) bond motifs is 1. The van der Waals surface area contributed by atoms with Crippen molar-refractivity contribution in [2.45, 2.75) is 45.9 Å². The normalized spacial score (nSPS) is 16.2. The Morgan fingerprint density at radius 1 is 1.09 bits per heavy atom. The van der Waals surface area contributed by atoms with E-state index in [0.29, 0.717) is 17.8 Å². The van der Waals surface area contributed by atoms with Crippen LogP contribution in [0.3, 0.4) is 0 Å². The minimum absolute atomic E-state index is 0.0632. The summed E-state index contributed by atoms with van der Waals surface area (Å²) in [5.41, 5.74) is 4.44. The van der Waals surface area contributed by atoms with Crippen molar-refractivity contribution >= 4 is 21.6 Å². The van der Waals surface area contributed by atoms with Crippen molar-refractivity contribution in [3.05, 3.63) is 86.8 Å². The Morgan fingerprint density at radius 2 is 1.88 bits per heavy atom. The summed E-state index contributed by atoms with van der Waals surface area (Å²) in [6, 6.07) is 18.8. The lowest BCUT2D eigenvalue weighted by Crippen LogP contribution is -2.32. The van der Waals surface area contributed by atoms with Gasteiger partial charge in [0.15, 0.2) is 0 Å². The number of nitrogens with zero attached hydrogens (tertiary/aromatic N) is 2. The van der Waals surface area contributed by atoms with Gasteiger partial charge in [-0.05, 0) is 37.8 Å². The molecule has 3 heterocycles. The number of thiophene rings is 1. The van der Waals surface area contributed by atoms with Crippen molar-refractivity contribution in [2.75, 3.05) is 13.2 Å². The highest BCUT2D eigenvalue weighted by Gasteiger charge is 2.22. The molecule has 2 aromatic carbocycles. The van der Waals surface area contributed by atoms with Gasteiger partial charge in [-0.15, -0.1) is 11.3 Å². The number of aromatic nitrogens is 2. The Morgan fingerprint density at radius 3 is 2.61 bits per heavy atom. The molecule has 1 unspecified atom stereocenters. The molecule has 1 saturated heterocycles. The van der Waals surface area contributed by atoms with E-state index >= 15 is 0 Å². The number of rotatable bonds is 7. The van der Waals surface area contributed by atoms with Crippen LogP contribution in [-0.4, -0.2) is 34.1 Å². The van der Waals surface area contributed by atoms with E-state index in [4.69, 9.17) is 9.72 Å². The van der Waals surface area contributed by atoms with Gasteiger partial charge in [0.25, 0.3) is 5.56 Å². The van der Waals surface area contributed by atoms with Gasteiger partial charge >= 0.3 is 0 Å². The van der Waals surface area contributed by atoms with Crippen LogP contribution in [0.1, 0.15) is 34.7 Å². The van der Waals surface area contributed by atoms with Gasteiger partial charge in [0.2, 0.25) is 0 Å². The van der Waals surface area contributed by atoms with Crippen LogP contribution in [0.2, 0.25) is 0 Å². The molecule has 1 fully saturated rings. The maximum atomic E-state index is 13.2. The average Bonchev–Trinajstić information content (AvgIpc) is 3.42. The second-order valence-electron chi connectivity index (χ2n) is 8.88. The Hall–Kier alpha value is -2.80. The SMILES string of the molecule is Cc1ccc(-c2c(C)sc3nc(CN(Cc4ccccc4)CC4CCCO4)[nH]c(=O)c23)cc1. The Kier molecular flexibility index (Phi) is 6.40. The third-order valence-electron chi connectivity index (χ3n) is 6.24. The number of aryl methyl sites for hydroxylation is 2. The predicted molar refractivity (Wildman–Crippen MR) is 135 cm³/mol. The fourth-order valence-corrected chi connectivity index (χ4v) is 5.69. The molecule has 33 heavy (non-hydrogen) atoms. The van der Waals surface area contributed by atoms with Gasteiger partial charge in [0.05, 0.1) is 18.0 Å². The third-order valence-corrected chi connectivity index (χ3v) is 7.23. The van der Waals surface area contributed by atoms with E-state index in [0.717, 1.165) is 53.4 Å². The summed E-state index contributed by atoms with van der Waals surface area (Å²) in [6.07, 6.45) is 2.43. The first-order valence-electron chi connectivity index (χ1n) is 11.5. The minimum atomic E-state index is -0.0632. The van der Waals surface area contributed by atoms with Crippen molar-refractivity contribution in [2.24, 2.45) is 0 Å². The number of hydrogen-bond acceptors (Lipinski definition) is 5. The van der Waals surface area contributed by atoms with E-state index in [1.54, 1.807) is 11.3 Å². The number of nitrogens with one attached hydrogen (secondary N) is 1. The summed E-state index contributed by atoms with van der Waals surface area (Å²) < 4.78 is 5.90. The second kappa shape index (κ2) is 9.59. The largest absolute Gasteiger partial charge is 0.377 e. The van der Waals surface area contributed by atoms with Crippen molar-refractivity contribution in [1.29, 1.82) is 0 Å². The molecule has 1 N–H and O–H groups in total. The highest BCUT2D eigenvalue weighted by molar-refractivity contribution is 7.19. The van der Waals surface area contributed by atoms with Crippen molar-refractivity contribution in [1.82, 2.24) is 14.9 Å². The molecule has 0 aliphatic carbocycles. The molecular formula is C27H29N3O2S. The summed E-state index contributed by atoms with van der Waals surface area (Å²) in [5.74, 6) is 0.707. The number of H-pyrrole nitrogens is 1. The average molecular weight is 460 g/mol. The van der Waals surface area contributed by atoms with Crippen LogP contribution in [0.25, 0.3) is 21.3 Å².